The Hall–Kier alpha value is -2.36. The van der Waals surface area contributed by atoms with Crippen LogP contribution in [0.5, 0.6) is 0 Å². The minimum atomic E-state index is 0.679. The molecule has 168 valence electrons. The predicted octanol–water partition coefficient (Wildman–Crippen LogP) is 5.34. The molecule has 3 aliphatic rings. The van der Waals surface area contributed by atoms with Crippen molar-refractivity contribution in [3.8, 4) is 0 Å². The van der Waals surface area contributed by atoms with Crippen molar-refractivity contribution < 1.29 is 0 Å². The first-order valence-corrected chi connectivity index (χ1v) is 12.4. The minimum absolute atomic E-state index is 0.679. The van der Waals surface area contributed by atoms with E-state index in [4.69, 9.17) is 0 Å². The summed E-state index contributed by atoms with van der Waals surface area (Å²) in [5.74, 6) is 0. The number of nitrogens with zero attached hydrogens (tertiary/aromatic N) is 3. The van der Waals surface area contributed by atoms with E-state index in [1.807, 2.05) is 0 Å². The Morgan fingerprint density at radius 3 is 2.41 bits per heavy atom. The van der Waals surface area contributed by atoms with Crippen LogP contribution in [-0.2, 0) is 6.42 Å². The Labute approximate surface area is 194 Å². The van der Waals surface area contributed by atoms with Crippen molar-refractivity contribution in [3.05, 3.63) is 76.9 Å². The number of hydrogen-bond acceptors (Lipinski definition) is 3. The second-order valence-corrected chi connectivity index (χ2v) is 9.88. The highest BCUT2D eigenvalue weighted by molar-refractivity contribution is 5.89. The molecule has 0 aromatic heterocycles. The zero-order valence-corrected chi connectivity index (χ0v) is 19.8. The number of hydrogen-bond donors (Lipinski definition) is 0. The van der Waals surface area contributed by atoms with E-state index in [1.165, 1.54) is 67.0 Å². The number of allylic oxidation sites excluding steroid dienone is 1. The van der Waals surface area contributed by atoms with Crippen molar-refractivity contribution in [2.24, 2.45) is 0 Å². The van der Waals surface area contributed by atoms with Crippen LogP contribution in [-0.4, -0.2) is 61.7 Å². The molecule has 2 heterocycles. The van der Waals surface area contributed by atoms with E-state index in [2.05, 4.69) is 89.2 Å². The standard InChI is InChI=1S/C29H37N3/c1-23(2)31-18-16-30(17-19-31)13-10-24-11-14-32(15-12-24)29-9-5-8-27(22-29)28-20-25-6-3-4-7-26(25)21-28/h3-10,20,22-23H,11-19,21H2,1-2H3. The normalized spacial score (nSPS) is 19.9. The Morgan fingerprint density at radius 2 is 1.66 bits per heavy atom. The van der Waals surface area contributed by atoms with Crippen molar-refractivity contribution in [2.75, 3.05) is 50.7 Å². The third-order valence-corrected chi connectivity index (χ3v) is 7.53. The maximum atomic E-state index is 2.62. The van der Waals surface area contributed by atoms with Crippen LogP contribution in [0.4, 0.5) is 5.69 Å². The number of piperazine rings is 1. The van der Waals surface area contributed by atoms with Crippen molar-refractivity contribution >= 4 is 17.3 Å². The average Bonchev–Trinajstić information content (AvgIpc) is 3.28. The van der Waals surface area contributed by atoms with E-state index >= 15 is 0 Å². The fourth-order valence-electron chi connectivity index (χ4n) is 5.34. The number of benzene rings is 2. The molecule has 0 spiro atoms. The lowest BCUT2D eigenvalue weighted by molar-refractivity contribution is 0.116. The molecule has 0 saturated carbocycles. The highest BCUT2D eigenvalue weighted by Crippen LogP contribution is 2.33. The molecule has 2 fully saturated rings. The number of anilines is 1. The number of fused-ring (bicyclic) bond motifs is 1. The first-order valence-electron chi connectivity index (χ1n) is 12.4. The molecule has 0 N–H and O–H groups in total. The second-order valence-electron chi connectivity index (χ2n) is 9.88. The van der Waals surface area contributed by atoms with Gasteiger partial charge >= 0.3 is 0 Å². The van der Waals surface area contributed by atoms with Crippen molar-refractivity contribution in [1.82, 2.24) is 9.80 Å². The van der Waals surface area contributed by atoms with Gasteiger partial charge in [-0.05, 0) is 67.5 Å². The lowest BCUT2D eigenvalue weighted by atomic mass is 10.00. The van der Waals surface area contributed by atoms with Crippen LogP contribution in [0, 0.1) is 0 Å². The van der Waals surface area contributed by atoms with Gasteiger partial charge in [0.2, 0.25) is 0 Å². The maximum Gasteiger partial charge on any atom is 0.0372 e. The predicted molar refractivity (Wildman–Crippen MR) is 137 cm³/mol. The van der Waals surface area contributed by atoms with Gasteiger partial charge in [0.1, 0.15) is 0 Å². The van der Waals surface area contributed by atoms with Gasteiger partial charge in [-0.1, -0.05) is 54.1 Å². The SMILES string of the molecule is CC(C)N1CCN(CC=C2CCN(c3cccc(C4=Cc5ccccc5C4)c3)CC2)CC1. The van der Waals surface area contributed by atoms with Gasteiger partial charge in [-0.25, -0.2) is 0 Å². The van der Waals surface area contributed by atoms with E-state index in [-0.39, 0.29) is 0 Å². The fraction of sp³-hybridized carbons (Fsp3) is 0.448. The molecule has 0 bridgehead atoms. The summed E-state index contributed by atoms with van der Waals surface area (Å²) >= 11 is 0. The first kappa shape index (κ1) is 21.5. The molecule has 2 saturated heterocycles. The van der Waals surface area contributed by atoms with Crippen molar-refractivity contribution in [3.63, 3.8) is 0 Å². The summed E-state index contributed by atoms with van der Waals surface area (Å²) in [6.07, 6.45) is 8.35. The van der Waals surface area contributed by atoms with Crippen LogP contribution >= 0.6 is 0 Å². The zero-order valence-electron chi connectivity index (χ0n) is 19.8. The Morgan fingerprint density at radius 1 is 0.875 bits per heavy atom. The summed E-state index contributed by atoms with van der Waals surface area (Å²) in [6.45, 7) is 12.9. The molecule has 3 heteroatoms. The number of piperidine rings is 1. The smallest absolute Gasteiger partial charge is 0.0372 e. The minimum Gasteiger partial charge on any atom is -0.371 e. The molecule has 32 heavy (non-hydrogen) atoms. The van der Waals surface area contributed by atoms with Gasteiger partial charge in [0, 0.05) is 57.5 Å². The molecule has 1 aliphatic carbocycles. The molecular weight excluding hydrogens is 390 g/mol. The summed E-state index contributed by atoms with van der Waals surface area (Å²) in [6, 6.07) is 18.6. The molecule has 0 radical (unpaired) electrons. The molecule has 2 aromatic rings. The molecule has 0 atom stereocenters. The van der Waals surface area contributed by atoms with Crippen LogP contribution in [0.15, 0.2) is 60.2 Å². The fourth-order valence-corrected chi connectivity index (χ4v) is 5.34. The zero-order chi connectivity index (χ0) is 21.9. The maximum absolute atomic E-state index is 2.62. The summed E-state index contributed by atoms with van der Waals surface area (Å²) in [4.78, 5) is 7.79. The largest absolute Gasteiger partial charge is 0.371 e. The van der Waals surface area contributed by atoms with E-state index in [1.54, 1.807) is 5.57 Å². The lowest BCUT2D eigenvalue weighted by Gasteiger charge is -2.36. The van der Waals surface area contributed by atoms with Gasteiger partial charge < -0.3 is 4.90 Å². The highest BCUT2D eigenvalue weighted by atomic mass is 15.3. The molecule has 0 amide bonds. The van der Waals surface area contributed by atoms with E-state index < -0.39 is 0 Å². The summed E-state index contributed by atoms with van der Waals surface area (Å²) in [5.41, 5.74) is 8.68. The molecule has 2 aliphatic heterocycles. The molecule has 5 rings (SSSR count). The monoisotopic (exact) mass is 427 g/mol. The highest BCUT2D eigenvalue weighted by Gasteiger charge is 2.20. The summed E-state index contributed by atoms with van der Waals surface area (Å²) < 4.78 is 0. The summed E-state index contributed by atoms with van der Waals surface area (Å²) in [7, 11) is 0. The van der Waals surface area contributed by atoms with Crippen LogP contribution in [0.2, 0.25) is 0 Å². The Bertz CT molecular complexity index is 985. The van der Waals surface area contributed by atoms with Crippen molar-refractivity contribution in [1.29, 1.82) is 0 Å². The topological polar surface area (TPSA) is 9.72 Å². The third kappa shape index (κ3) is 4.84. The molecule has 0 unspecified atom stereocenters. The average molecular weight is 428 g/mol. The first-order chi connectivity index (χ1) is 15.7. The molecule has 3 nitrogen and oxygen atoms in total. The van der Waals surface area contributed by atoms with Gasteiger partial charge in [-0.15, -0.1) is 0 Å². The van der Waals surface area contributed by atoms with Gasteiger partial charge in [0.25, 0.3) is 0 Å². The van der Waals surface area contributed by atoms with Gasteiger partial charge in [-0.3, -0.25) is 9.80 Å². The van der Waals surface area contributed by atoms with Gasteiger partial charge in [-0.2, -0.15) is 0 Å². The molecule has 2 aromatic carbocycles. The quantitative estimate of drug-likeness (QED) is 0.597. The number of rotatable bonds is 5. The van der Waals surface area contributed by atoms with E-state index in [0.717, 1.165) is 26.1 Å². The van der Waals surface area contributed by atoms with Crippen molar-refractivity contribution in [2.45, 2.75) is 39.2 Å². The van der Waals surface area contributed by atoms with E-state index in [9.17, 15) is 0 Å². The summed E-state index contributed by atoms with van der Waals surface area (Å²) in [5, 5.41) is 0. The van der Waals surface area contributed by atoms with Crippen LogP contribution in [0.3, 0.4) is 0 Å². The van der Waals surface area contributed by atoms with Crippen LogP contribution in [0.25, 0.3) is 11.6 Å². The lowest BCUT2D eigenvalue weighted by Crippen LogP contribution is -2.48. The van der Waals surface area contributed by atoms with E-state index in [0.29, 0.717) is 6.04 Å². The van der Waals surface area contributed by atoms with Gasteiger partial charge in [0.05, 0.1) is 0 Å². The van der Waals surface area contributed by atoms with Crippen LogP contribution in [0.1, 0.15) is 43.4 Å². The third-order valence-electron chi connectivity index (χ3n) is 7.53. The Balaban J connectivity index is 1.15. The second kappa shape index (κ2) is 9.64. The van der Waals surface area contributed by atoms with Gasteiger partial charge in [0.15, 0.2) is 0 Å². The van der Waals surface area contributed by atoms with Crippen LogP contribution < -0.4 is 4.90 Å². The Kier molecular flexibility index (Phi) is 6.47. The molecular formula is C29H37N3.